The van der Waals surface area contributed by atoms with E-state index in [2.05, 4.69) is 91.0 Å². The van der Waals surface area contributed by atoms with Gasteiger partial charge in [-0.3, -0.25) is 0 Å². The lowest BCUT2D eigenvalue weighted by atomic mass is 9.91. The summed E-state index contributed by atoms with van der Waals surface area (Å²) in [6, 6.07) is 36.0. The normalized spacial score (nSPS) is 11.1. The Morgan fingerprint density at radius 3 is 1.70 bits per heavy atom. The predicted octanol–water partition coefficient (Wildman–Crippen LogP) is 7.98. The van der Waals surface area contributed by atoms with Gasteiger partial charge in [0.1, 0.15) is 0 Å². The first-order valence-electron chi connectivity index (χ1n) is 9.07. The van der Waals surface area contributed by atoms with E-state index in [1.807, 2.05) is 12.1 Å². The zero-order valence-corrected chi connectivity index (χ0v) is 15.4. The van der Waals surface area contributed by atoms with Gasteiger partial charge in [0.05, 0.1) is 5.02 Å². The van der Waals surface area contributed by atoms with Gasteiger partial charge >= 0.3 is 0 Å². The van der Waals surface area contributed by atoms with Crippen LogP contribution in [-0.4, -0.2) is 0 Å². The molecule has 0 amide bonds. The Kier molecular flexibility index (Phi) is 3.92. The summed E-state index contributed by atoms with van der Waals surface area (Å²) in [7, 11) is 0. The summed E-state index contributed by atoms with van der Waals surface area (Å²) in [6.45, 7) is 0. The smallest absolute Gasteiger partial charge is 0.0569 e. The Balaban J connectivity index is 1.93. The Bertz CT molecular complexity index is 1260. The molecule has 0 aromatic heterocycles. The minimum atomic E-state index is 0.801. The van der Waals surface area contributed by atoms with Crippen LogP contribution in [0.1, 0.15) is 0 Å². The number of benzene rings is 5. The van der Waals surface area contributed by atoms with Crippen LogP contribution < -0.4 is 0 Å². The molecule has 5 aromatic carbocycles. The van der Waals surface area contributed by atoms with Crippen molar-refractivity contribution in [3.05, 3.63) is 108 Å². The summed E-state index contributed by atoms with van der Waals surface area (Å²) < 4.78 is 0. The fourth-order valence-electron chi connectivity index (χ4n) is 3.78. The second-order valence-corrected chi connectivity index (χ2v) is 7.14. The van der Waals surface area contributed by atoms with E-state index in [1.165, 1.54) is 21.5 Å². The minimum absolute atomic E-state index is 0.801. The van der Waals surface area contributed by atoms with Gasteiger partial charge in [-0.15, -0.1) is 0 Å². The zero-order chi connectivity index (χ0) is 18.2. The van der Waals surface area contributed by atoms with Gasteiger partial charge in [-0.25, -0.2) is 0 Å². The number of rotatable bonds is 2. The van der Waals surface area contributed by atoms with E-state index in [-0.39, 0.29) is 0 Å². The van der Waals surface area contributed by atoms with Crippen molar-refractivity contribution in [3.8, 4) is 22.3 Å². The van der Waals surface area contributed by atoms with Crippen LogP contribution in [0.15, 0.2) is 103 Å². The van der Waals surface area contributed by atoms with Crippen LogP contribution >= 0.6 is 11.6 Å². The molecule has 0 N–H and O–H groups in total. The molecular weight excluding hydrogens is 348 g/mol. The Morgan fingerprint density at radius 2 is 1.04 bits per heavy atom. The minimum Gasteiger partial charge on any atom is -0.0830 e. The third-order valence-electron chi connectivity index (χ3n) is 5.09. The van der Waals surface area contributed by atoms with Crippen molar-refractivity contribution in [2.24, 2.45) is 0 Å². The maximum Gasteiger partial charge on any atom is 0.0569 e. The molecule has 1 heteroatoms. The van der Waals surface area contributed by atoms with Crippen molar-refractivity contribution in [2.75, 3.05) is 0 Å². The lowest BCUT2D eigenvalue weighted by molar-refractivity contribution is 1.62. The molecule has 0 bridgehead atoms. The maximum atomic E-state index is 7.01. The topological polar surface area (TPSA) is 0 Å². The molecule has 0 aliphatic rings. The summed E-state index contributed by atoms with van der Waals surface area (Å²) in [5, 5.41) is 5.66. The molecule has 0 radical (unpaired) electrons. The van der Waals surface area contributed by atoms with E-state index < -0.39 is 0 Å². The quantitative estimate of drug-likeness (QED) is 0.278. The molecule has 128 valence electrons. The summed E-state index contributed by atoms with van der Waals surface area (Å²) in [5.41, 5.74) is 4.44. The molecule has 0 nitrogen and oxygen atoms in total. The van der Waals surface area contributed by atoms with Crippen LogP contribution in [0.5, 0.6) is 0 Å². The highest BCUT2D eigenvalue weighted by molar-refractivity contribution is 6.38. The molecule has 0 fully saturated rings. The van der Waals surface area contributed by atoms with Gasteiger partial charge in [-0.05, 0) is 50.9 Å². The fraction of sp³-hybridized carbons (Fsp3) is 0. The lowest BCUT2D eigenvalue weighted by Crippen LogP contribution is -1.89. The second-order valence-electron chi connectivity index (χ2n) is 6.77. The van der Waals surface area contributed by atoms with Crippen LogP contribution in [-0.2, 0) is 0 Å². The van der Waals surface area contributed by atoms with E-state index in [0.717, 1.165) is 27.3 Å². The molecule has 0 aliphatic heterocycles. The molecule has 0 heterocycles. The monoisotopic (exact) mass is 364 g/mol. The summed E-state index contributed by atoms with van der Waals surface area (Å²) in [6.07, 6.45) is 0. The molecular formula is C26H17Cl. The van der Waals surface area contributed by atoms with Crippen LogP contribution in [0, 0.1) is 0 Å². The van der Waals surface area contributed by atoms with Gasteiger partial charge in [-0.1, -0.05) is 96.5 Å². The van der Waals surface area contributed by atoms with E-state index in [0.29, 0.717) is 0 Å². The van der Waals surface area contributed by atoms with Crippen molar-refractivity contribution in [3.63, 3.8) is 0 Å². The average molecular weight is 365 g/mol. The van der Waals surface area contributed by atoms with Crippen molar-refractivity contribution < 1.29 is 0 Å². The molecule has 0 saturated carbocycles. The molecule has 27 heavy (non-hydrogen) atoms. The van der Waals surface area contributed by atoms with E-state index in [4.69, 9.17) is 11.6 Å². The van der Waals surface area contributed by atoms with Crippen LogP contribution in [0.2, 0.25) is 5.02 Å². The van der Waals surface area contributed by atoms with Gasteiger partial charge in [0.15, 0.2) is 0 Å². The molecule has 0 saturated heterocycles. The maximum absolute atomic E-state index is 7.01. The number of hydrogen-bond acceptors (Lipinski definition) is 0. The average Bonchev–Trinajstić information content (AvgIpc) is 2.73. The lowest BCUT2D eigenvalue weighted by Gasteiger charge is -2.15. The predicted molar refractivity (Wildman–Crippen MR) is 117 cm³/mol. The van der Waals surface area contributed by atoms with Crippen LogP contribution in [0.3, 0.4) is 0 Å². The van der Waals surface area contributed by atoms with Crippen molar-refractivity contribution in [1.82, 2.24) is 0 Å². The van der Waals surface area contributed by atoms with Gasteiger partial charge in [-0.2, -0.15) is 0 Å². The highest BCUT2D eigenvalue weighted by Gasteiger charge is 2.15. The second kappa shape index (κ2) is 6.57. The summed E-state index contributed by atoms with van der Waals surface area (Å²) >= 11 is 7.01. The Labute approximate surface area is 163 Å². The zero-order valence-electron chi connectivity index (χ0n) is 14.7. The van der Waals surface area contributed by atoms with Gasteiger partial charge in [0.25, 0.3) is 0 Å². The highest BCUT2D eigenvalue weighted by Crippen LogP contribution is 2.43. The first-order valence-corrected chi connectivity index (χ1v) is 9.45. The first-order chi connectivity index (χ1) is 13.3. The fourth-order valence-corrected chi connectivity index (χ4v) is 4.15. The van der Waals surface area contributed by atoms with E-state index >= 15 is 0 Å². The van der Waals surface area contributed by atoms with Crippen molar-refractivity contribution >= 4 is 33.1 Å². The first kappa shape index (κ1) is 16.1. The number of hydrogen-bond donors (Lipinski definition) is 0. The van der Waals surface area contributed by atoms with E-state index in [1.54, 1.807) is 0 Å². The molecule has 0 atom stereocenters. The number of halogens is 1. The SMILES string of the molecule is Clc1c(-c2ccccc2)cc2cc3ccccc3cc2c1-c1ccccc1. The van der Waals surface area contributed by atoms with Crippen LogP contribution in [0.25, 0.3) is 43.8 Å². The largest absolute Gasteiger partial charge is 0.0830 e. The van der Waals surface area contributed by atoms with Crippen molar-refractivity contribution in [2.45, 2.75) is 0 Å². The Hall–Kier alpha value is -3.09. The molecule has 0 unspecified atom stereocenters. The standard InChI is InChI=1S/C26H17Cl/c27-26-24(18-9-3-1-4-10-18)17-22-15-20-13-7-8-14-21(20)16-23(22)25(26)19-11-5-2-6-12-19/h1-17H. The third-order valence-corrected chi connectivity index (χ3v) is 5.48. The van der Waals surface area contributed by atoms with Gasteiger partial charge in [0.2, 0.25) is 0 Å². The highest BCUT2D eigenvalue weighted by atomic mass is 35.5. The summed E-state index contributed by atoms with van der Waals surface area (Å²) in [5.74, 6) is 0. The van der Waals surface area contributed by atoms with E-state index in [9.17, 15) is 0 Å². The van der Waals surface area contributed by atoms with Crippen molar-refractivity contribution in [1.29, 1.82) is 0 Å². The molecule has 0 aliphatic carbocycles. The third kappa shape index (κ3) is 2.79. The molecule has 0 spiro atoms. The van der Waals surface area contributed by atoms with Crippen LogP contribution in [0.4, 0.5) is 0 Å². The molecule has 5 rings (SSSR count). The van der Waals surface area contributed by atoms with Gasteiger partial charge < -0.3 is 0 Å². The van der Waals surface area contributed by atoms with Gasteiger partial charge in [0, 0.05) is 11.1 Å². The molecule has 5 aromatic rings. The Morgan fingerprint density at radius 1 is 0.481 bits per heavy atom. The summed E-state index contributed by atoms with van der Waals surface area (Å²) in [4.78, 5) is 0. The number of fused-ring (bicyclic) bond motifs is 2.